The van der Waals surface area contributed by atoms with E-state index in [1.807, 2.05) is 33.8 Å². The number of aromatic hydroxyl groups is 1. The van der Waals surface area contributed by atoms with Crippen LogP contribution in [0.1, 0.15) is 31.9 Å². The van der Waals surface area contributed by atoms with E-state index in [0.29, 0.717) is 4.90 Å². The van der Waals surface area contributed by atoms with Crippen LogP contribution in [0.5, 0.6) is 5.75 Å². The Morgan fingerprint density at radius 1 is 1.00 bits per heavy atom. The number of halogens is 2. The average molecular weight is 308 g/mol. The maximum absolute atomic E-state index is 13.3. The van der Waals surface area contributed by atoms with Crippen molar-refractivity contribution in [2.45, 2.75) is 42.9 Å². The molecule has 0 aliphatic rings. The first-order valence-electron chi connectivity index (χ1n) is 6.65. The molecule has 4 heteroatoms. The zero-order chi connectivity index (χ0) is 15.8. The maximum Gasteiger partial charge on any atom is 0.159 e. The summed E-state index contributed by atoms with van der Waals surface area (Å²) in [6, 6.07) is 7.48. The molecule has 1 N–H and O–H groups in total. The molecule has 0 aliphatic heterocycles. The molecule has 0 bridgehead atoms. The lowest BCUT2D eigenvalue weighted by Crippen LogP contribution is -2.11. The summed E-state index contributed by atoms with van der Waals surface area (Å²) in [5.41, 5.74) is 1.54. The Labute approximate surface area is 128 Å². The topological polar surface area (TPSA) is 20.2 Å². The van der Waals surface area contributed by atoms with Crippen LogP contribution in [0.15, 0.2) is 40.1 Å². The number of phenolic OH excluding ortho intramolecular Hbond substituents is 1. The molecule has 0 heterocycles. The van der Waals surface area contributed by atoms with E-state index in [-0.39, 0.29) is 11.2 Å². The monoisotopic (exact) mass is 308 g/mol. The molecule has 0 aliphatic carbocycles. The normalized spacial score (nSPS) is 11.7. The SMILES string of the molecule is Cc1cc(O)c(C(C)(C)C)cc1Sc1ccc(F)c(F)c1. The van der Waals surface area contributed by atoms with E-state index < -0.39 is 11.6 Å². The largest absolute Gasteiger partial charge is 0.508 e. The maximum atomic E-state index is 13.3. The van der Waals surface area contributed by atoms with Crippen LogP contribution in [0.3, 0.4) is 0 Å². The van der Waals surface area contributed by atoms with Crippen molar-refractivity contribution in [2.24, 2.45) is 0 Å². The van der Waals surface area contributed by atoms with Crippen molar-refractivity contribution in [1.29, 1.82) is 0 Å². The lowest BCUT2D eigenvalue weighted by molar-refractivity contribution is 0.445. The van der Waals surface area contributed by atoms with Gasteiger partial charge < -0.3 is 5.11 Å². The Morgan fingerprint density at radius 3 is 2.24 bits per heavy atom. The van der Waals surface area contributed by atoms with Gasteiger partial charge in [-0.2, -0.15) is 0 Å². The van der Waals surface area contributed by atoms with Crippen LogP contribution >= 0.6 is 11.8 Å². The van der Waals surface area contributed by atoms with Crippen molar-refractivity contribution >= 4 is 11.8 Å². The molecule has 2 rings (SSSR count). The van der Waals surface area contributed by atoms with E-state index in [2.05, 4.69) is 0 Å². The zero-order valence-electron chi connectivity index (χ0n) is 12.5. The third-order valence-corrected chi connectivity index (χ3v) is 4.37. The number of phenols is 1. The van der Waals surface area contributed by atoms with E-state index in [1.54, 1.807) is 12.1 Å². The molecule has 112 valence electrons. The molecular formula is C17H18F2OS. The van der Waals surface area contributed by atoms with Crippen LogP contribution < -0.4 is 0 Å². The Morgan fingerprint density at radius 2 is 1.67 bits per heavy atom. The summed E-state index contributed by atoms with van der Waals surface area (Å²) in [7, 11) is 0. The summed E-state index contributed by atoms with van der Waals surface area (Å²) >= 11 is 1.36. The standard InChI is InChI=1S/C17H18F2OS/c1-10-7-15(20)12(17(2,3)4)9-16(10)21-11-5-6-13(18)14(19)8-11/h5-9,20H,1-4H3. The lowest BCUT2D eigenvalue weighted by Gasteiger charge is -2.22. The Hall–Kier alpha value is -1.55. The fourth-order valence-electron chi connectivity index (χ4n) is 2.05. The molecule has 1 nitrogen and oxygen atoms in total. The van der Waals surface area contributed by atoms with E-state index in [9.17, 15) is 13.9 Å². The van der Waals surface area contributed by atoms with Crippen LogP contribution in [-0.4, -0.2) is 5.11 Å². The molecule has 0 aromatic heterocycles. The molecule has 0 atom stereocenters. The minimum atomic E-state index is -0.854. The van der Waals surface area contributed by atoms with Gasteiger partial charge in [0.25, 0.3) is 0 Å². The summed E-state index contributed by atoms with van der Waals surface area (Å²) in [6.45, 7) is 7.94. The van der Waals surface area contributed by atoms with Gasteiger partial charge in [-0.05, 0) is 48.2 Å². The molecule has 0 radical (unpaired) electrons. The first kappa shape index (κ1) is 15.8. The first-order chi connectivity index (χ1) is 9.68. The number of rotatable bonds is 2. The molecule has 2 aromatic rings. The second-order valence-corrected chi connectivity index (χ2v) is 7.18. The van der Waals surface area contributed by atoms with Gasteiger partial charge in [0.1, 0.15) is 5.75 Å². The Kier molecular flexibility index (Phi) is 4.28. The van der Waals surface area contributed by atoms with Crippen molar-refractivity contribution in [3.8, 4) is 5.75 Å². The van der Waals surface area contributed by atoms with Crippen molar-refractivity contribution in [1.82, 2.24) is 0 Å². The van der Waals surface area contributed by atoms with Gasteiger partial charge in [0.05, 0.1) is 0 Å². The van der Waals surface area contributed by atoms with Crippen LogP contribution in [0.4, 0.5) is 8.78 Å². The highest BCUT2D eigenvalue weighted by molar-refractivity contribution is 7.99. The molecule has 0 spiro atoms. The minimum Gasteiger partial charge on any atom is -0.508 e. The zero-order valence-corrected chi connectivity index (χ0v) is 13.3. The van der Waals surface area contributed by atoms with Crippen molar-refractivity contribution in [3.05, 3.63) is 53.1 Å². The summed E-state index contributed by atoms with van der Waals surface area (Å²) in [5, 5.41) is 10.1. The van der Waals surface area contributed by atoms with Crippen molar-refractivity contribution < 1.29 is 13.9 Å². The highest BCUT2D eigenvalue weighted by Crippen LogP contribution is 2.38. The minimum absolute atomic E-state index is 0.193. The molecule has 21 heavy (non-hydrogen) atoms. The van der Waals surface area contributed by atoms with Crippen LogP contribution in [0.2, 0.25) is 0 Å². The average Bonchev–Trinajstić information content (AvgIpc) is 2.35. The molecule has 0 saturated heterocycles. The van der Waals surface area contributed by atoms with Crippen LogP contribution in [0.25, 0.3) is 0 Å². The highest BCUT2D eigenvalue weighted by Gasteiger charge is 2.20. The van der Waals surface area contributed by atoms with Gasteiger partial charge in [-0.25, -0.2) is 8.78 Å². The summed E-state index contributed by atoms with van der Waals surface area (Å²) in [6.07, 6.45) is 0. The predicted octanol–water partition coefficient (Wildman–Crippen LogP) is 5.43. The number of benzene rings is 2. The molecule has 0 fully saturated rings. The summed E-state index contributed by atoms with van der Waals surface area (Å²) < 4.78 is 26.3. The van der Waals surface area contributed by atoms with Gasteiger partial charge >= 0.3 is 0 Å². The second kappa shape index (κ2) is 5.68. The Bertz CT molecular complexity index is 675. The molecular weight excluding hydrogens is 290 g/mol. The van der Waals surface area contributed by atoms with Crippen molar-refractivity contribution in [2.75, 3.05) is 0 Å². The van der Waals surface area contributed by atoms with E-state index in [1.165, 1.54) is 17.8 Å². The highest BCUT2D eigenvalue weighted by atomic mass is 32.2. The second-order valence-electron chi connectivity index (χ2n) is 6.06. The fourth-order valence-corrected chi connectivity index (χ4v) is 3.00. The third kappa shape index (κ3) is 3.56. The van der Waals surface area contributed by atoms with Crippen LogP contribution in [-0.2, 0) is 5.41 Å². The fraction of sp³-hybridized carbons (Fsp3) is 0.294. The smallest absolute Gasteiger partial charge is 0.159 e. The number of aryl methyl sites for hydroxylation is 1. The van der Waals surface area contributed by atoms with E-state index in [0.717, 1.165) is 22.1 Å². The van der Waals surface area contributed by atoms with Gasteiger partial charge in [0.2, 0.25) is 0 Å². The van der Waals surface area contributed by atoms with Gasteiger partial charge in [-0.3, -0.25) is 0 Å². The van der Waals surface area contributed by atoms with Crippen LogP contribution in [0, 0.1) is 18.6 Å². The van der Waals surface area contributed by atoms with Crippen molar-refractivity contribution in [3.63, 3.8) is 0 Å². The summed E-state index contributed by atoms with van der Waals surface area (Å²) in [4.78, 5) is 1.55. The van der Waals surface area contributed by atoms with Gasteiger partial charge in [-0.15, -0.1) is 0 Å². The van der Waals surface area contributed by atoms with E-state index in [4.69, 9.17) is 0 Å². The number of hydrogen-bond acceptors (Lipinski definition) is 2. The predicted molar refractivity (Wildman–Crippen MR) is 82.0 cm³/mol. The molecule has 0 saturated carbocycles. The van der Waals surface area contributed by atoms with E-state index >= 15 is 0 Å². The summed E-state index contributed by atoms with van der Waals surface area (Å²) in [5.74, 6) is -1.45. The Balaban J connectivity index is 2.42. The van der Waals surface area contributed by atoms with Gasteiger partial charge in [0, 0.05) is 15.4 Å². The lowest BCUT2D eigenvalue weighted by atomic mass is 9.86. The molecule has 0 amide bonds. The molecule has 0 unspecified atom stereocenters. The van der Waals surface area contributed by atoms with Gasteiger partial charge in [0.15, 0.2) is 11.6 Å². The number of hydrogen-bond donors (Lipinski definition) is 1. The molecule has 2 aromatic carbocycles. The van der Waals surface area contributed by atoms with Gasteiger partial charge in [-0.1, -0.05) is 32.5 Å². The third-order valence-electron chi connectivity index (χ3n) is 3.22. The first-order valence-corrected chi connectivity index (χ1v) is 7.47. The quantitative estimate of drug-likeness (QED) is 0.798.